The topological polar surface area (TPSA) is 46.6 Å². The van der Waals surface area contributed by atoms with Gasteiger partial charge in [0.15, 0.2) is 0 Å². The first-order chi connectivity index (χ1) is 6.96. The highest BCUT2D eigenvalue weighted by atomic mass is 32.2. The van der Waals surface area contributed by atoms with Gasteiger partial charge in [-0.25, -0.2) is 0 Å². The molecule has 0 radical (unpaired) electrons. The van der Waals surface area contributed by atoms with Gasteiger partial charge in [-0.15, -0.1) is 0 Å². The maximum absolute atomic E-state index is 11.1. The second-order valence-electron chi connectivity index (χ2n) is 4.78. The van der Waals surface area contributed by atoms with Gasteiger partial charge in [0, 0.05) is 12.1 Å². The Morgan fingerprint density at radius 3 is 2.73 bits per heavy atom. The zero-order valence-electron chi connectivity index (χ0n) is 9.35. The van der Waals surface area contributed by atoms with Gasteiger partial charge in [0.05, 0.1) is 12.4 Å². The summed E-state index contributed by atoms with van der Waals surface area (Å²) < 4.78 is 27.2. The normalized spacial score (nSPS) is 37.9. The molecule has 88 valence electrons. The summed E-state index contributed by atoms with van der Waals surface area (Å²) >= 11 is 0. The largest absolute Gasteiger partial charge is 0.298 e. The van der Waals surface area contributed by atoms with Crippen molar-refractivity contribution in [2.75, 3.05) is 12.8 Å². The number of nitrogens with zero attached hydrogens (tertiary/aromatic N) is 1. The third-order valence-electron chi connectivity index (χ3n) is 3.44. The quantitative estimate of drug-likeness (QED) is 0.667. The van der Waals surface area contributed by atoms with Crippen LogP contribution in [-0.2, 0) is 14.3 Å². The summed E-state index contributed by atoms with van der Waals surface area (Å²) in [4.78, 5) is 2.49. The number of rotatable bonds is 2. The SMILES string of the molecule is CC1CC(OS(C)(=O)=O)CC2CCCN12. The van der Waals surface area contributed by atoms with E-state index in [1.54, 1.807) is 0 Å². The number of piperidine rings is 1. The fraction of sp³-hybridized carbons (Fsp3) is 1.00. The van der Waals surface area contributed by atoms with Gasteiger partial charge < -0.3 is 0 Å². The molecule has 0 saturated carbocycles. The van der Waals surface area contributed by atoms with Crippen LogP contribution in [0.2, 0.25) is 0 Å². The first-order valence-corrected chi connectivity index (χ1v) is 7.41. The van der Waals surface area contributed by atoms with E-state index in [9.17, 15) is 8.42 Å². The Morgan fingerprint density at radius 2 is 2.07 bits per heavy atom. The molecular formula is C10H19NO3S. The van der Waals surface area contributed by atoms with Gasteiger partial charge in [-0.05, 0) is 39.2 Å². The Balaban J connectivity index is 2.00. The zero-order chi connectivity index (χ0) is 11.1. The third-order valence-corrected chi connectivity index (χ3v) is 4.06. The molecule has 0 bridgehead atoms. The van der Waals surface area contributed by atoms with Gasteiger partial charge in [0.1, 0.15) is 0 Å². The second-order valence-corrected chi connectivity index (χ2v) is 6.38. The molecule has 2 fully saturated rings. The molecule has 3 unspecified atom stereocenters. The second kappa shape index (κ2) is 4.03. The average Bonchev–Trinajstić information content (AvgIpc) is 2.48. The highest BCUT2D eigenvalue weighted by Gasteiger charge is 2.37. The molecule has 0 amide bonds. The van der Waals surface area contributed by atoms with Crippen molar-refractivity contribution in [3.05, 3.63) is 0 Å². The van der Waals surface area contributed by atoms with Gasteiger partial charge in [-0.1, -0.05) is 0 Å². The summed E-state index contributed by atoms with van der Waals surface area (Å²) in [5, 5.41) is 0. The first kappa shape index (κ1) is 11.4. The molecule has 15 heavy (non-hydrogen) atoms. The number of hydrogen-bond acceptors (Lipinski definition) is 4. The molecule has 5 heteroatoms. The molecule has 2 rings (SSSR count). The Kier molecular flexibility index (Phi) is 3.05. The highest BCUT2D eigenvalue weighted by Crippen LogP contribution is 2.32. The van der Waals surface area contributed by atoms with Gasteiger partial charge in [-0.3, -0.25) is 9.08 Å². The lowest BCUT2D eigenvalue weighted by Gasteiger charge is -2.39. The summed E-state index contributed by atoms with van der Waals surface area (Å²) in [5.41, 5.74) is 0. The Hall–Kier alpha value is -0.130. The van der Waals surface area contributed by atoms with Gasteiger partial charge in [-0.2, -0.15) is 8.42 Å². The van der Waals surface area contributed by atoms with Gasteiger partial charge >= 0.3 is 0 Å². The van der Waals surface area contributed by atoms with Crippen molar-refractivity contribution in [3.8, 4) is 0 Å². The van der Waals surface area contributed by atoms with E-state index in [4.69, 9.17) is 4.18 Å². The van der Waals surface area contributed by atoms with E-state index in [1.165, 1.54) is 12.8 Å². The van der Waals surface area contributed by atoms with Crippen LogP contribution in [-0.4, -0.2) is 44.3 Å². The lowest BCUT2D eigenvalue weighted by molar-refractivity contribution is 0.0463. The van der Waals surface area contributed by atoms with Crippen molar-refractivity contribution in [1.82, 2.24) is 4.90 Å². The predicted molar refractivity (Wildman–Crippen MR) is 58.1 cm³/mol. The Morgan fingerprint density at radius 1 is 1.33 bits per heavy atom. The zero-order valence-corrected chi connectivity index (χ0v) is 10.2. The molecule has 0 spiro atoms. The standard InChI is InChI=1S/C10H19NO3S/c1-8-6-10(14-15(2,12)13)7-9-4-3-5-11(8)9/h8-10H,3-7H2,1-2H3. The van der Waals surface area contributed by atoms with Crippen LogP contribution in [0.15, 0.2) is 0 Å². The molecule has 0 aromatic heterocycles. The van der Waals surface area contributed by atoms with Gasteiger partial charge in [0.25, 0.3) is 10.1 Å². The summed E-state index contributed by atoms with van der Waals surface area (Å²) in [6.45, 7) is 3.33. The van der Waals surface area contributed by atoms with Crippen LogP contribution in [0.25, 0.3) is 0 Å². The number of hydrogen-bond donors (Lipinski definition) is 0. The first-order valence-electron chi connectivity index (χ1n) is 5.60. The minimum Gasteiger partial charge on any atom is -0.298 e. The van der Waals surface area contributed by atoms with Crippen molar-refractivity contribution >= 4 is 10.1 Å². The molecule has 2 aliphatic heterocycles. The Bertz CT molecular complexity index is 328. The summed E-state index contributed by atoms with van der Waals surface area (Å²) in [6.07, 6.45) is 5.17. The molecule has 2 heterocycles. The van der Waals surface area contributed by atoms with E-state index in [2.05, 4.69) is 11.8 Å². The molecule has 0 aromatic rings. The van der Waals surface area contributed by atoms with Crippen LogP contribution in [0.1, 0.15) is 32.6 Å². The fourth-order valence-corrected chi connectivity index (χ4v) is 3.58. The Labute approximate surface area is 91.7 Å². The van der Waals surface area contributed by atoms with E-state index < -0.39 is 10.1 Å². The van der Waals surface area contributed by atoms with Crippen molar-refractivity contribution < 1.29 is 12.6 Å². The van der Waals surface area contributed by atoms with E-state index in [-0.39, 0.29) is 6.10 Å². The van der Waals surface area contributed by atoms with Crippen molar-refractivity contribution in [3.63, 3.8) is 0 Å². The fourth-order valence-electron chi connectivity index (χ4n) is 2.93. The maximum Gasteiger partial charge on any atom is 0.264 e. The van der Waals surface area contributed by atoms with Crippen molar-refractivity contribution in [1.29, 1.82) is 0 Å². The van der Waals surface area contributed by atoms with Crippen molar-refractivity contribution in [2.24, 2.45) is 0 Å². The summed E-state index contributed by atoms with van der Waals surface area (Å²) in [5.74, 6) is 0. The van der Waals surface area contributed by atoms with Crippen LogP contribution in [0, 0.1) is 0 Å². The maximum atomic E-state index is 11.1. The van der Waals surface area contributed by atoms with Crippen LogP contribution >= 0.6 is 0 Å². The average molecular weight is 233 g/mol. The minimum absolute atomic E-state index is 0.102. The molecule has 2 aliphatic rings. The van der Waals surface area contributed by atoms with Crippen LogP contribution < -0.4 is 0 Å². The lowest BCUT2D eigenvalue weighted by atomic mass is 9.95. The monoisotopic (exact) mass is 233 g/mol. The van der Waals surface area contributed by atoms with E-state index in [0.717, 1.165) is 25.6 Å². The van der Waals surface area contributed by atoms with Crippen molar-refractivity contribution in [2.45, 2.75) is 50.8 Å². The van der Waals surface area contributed by atoms with Gasteiger partial charge in [0.2, 0.25) is 0 Å². The molecular weight excluding hydrogens is 214 g/mol. The molecule has 0 aliphatic carbocycles. The molecule has 4 nitrogen and oxygen atoms in total. The number of fused-ring (bicyclic) bond motifs is 1. The molecule has 3 atom stereocenters. The minimum atomic E-state index is -3.29. The molecule has 2 saturated heterocycles. The lowest BCUT2D eigenvalue weighted by Crippen LogP contribution is -2.47. The highest BCUT2D eigenvalue weighted by molar-refractivity contribution is 7.86. The van der Waals surface area contributed by atoms with Crippen LogP contribution in [0.4, 0.5) is 0 Å². The van der Waals surface area contributed by atoms with E-state index in [1.807, 2.05) is 0 Å². The van der Waals surface area contributed by atoms with Crippen LogP contribution in [0.3, 0.4) is 0 Å². The van der Waals surface area contributed by atoms with Crippen LogP contribution in [0.5, 0.6) is 0 Å². The summed E-state index contributed by atoms with van der Waals surface area (Å²) in [7, 11) is -3.29. The smallest absolute Gasteiger partial charge is 0.264 e. The van der Waals surface area contributed by atoms with E-state index >= 15 is 0 Å². The molecule has 0 aromatic carbocycles. The summed E-state index contributed by atoms with van der Waals surface area (Å²) in [6, 6.07) is 0.999. The predicted octanol–water partition coefficient (Wildman–Crippen LogP) is 0.978. The van der Waals surface area contributed by atoms with E-state index in [0.29, 0.717) is 12.1 Å². The molecule has 0 N–H and O–H groups in total. The third kappa shape index (κ3) is 2.71.